The first-order valence-electron chi connectivity index (χ1n) is 28.7. The molecule has 3 heterocycles. The minimum Gasteiger partial charge on any atom is -0.453 e. The molecule has 0 radical (unpaired) electrons. The molecule has 6 nitrogen and oxygen atoms in total. The Bertz CT molecular complexity index is 4950. The summed E-state index contributed by atoms with van der Waals surface area (Å²) in [5.74, 6) is 1.73. The van der Waals surface area contributed by atoms with Gasteiger partial charge in [0.25, 0.3) is 0 Å². The van der Waals surface area contributed by atoms with Gasteiger partial charge in [-0.1, -0.05) is 250 Å². The molecule has 0 amide bonds. The second kappa shape index (κ2) is 19.7. The summed E-state index contributed by atoms with van der Waals surface area (Å²) in [5, 5.41) is 4.28. The molecular formula is C78H53N5O. The molecule has 396 valence electrons. The van der Waals surface area contributed by atoms with E-state index >= 15 is 0 Å². The van der Waals surface area contributed by atoms with E-state index in [1.807, 2.05) is 24.3 Å². The van der Waals surface area contributed by atoms with Crippen molar-refractivity contribution in [2.75, 3.05) is 4.90 Å². The van der Waals surface area contributed by atoms with Crippen LogP contribution in [0.3, 0.4) is 0 Å². The summed E-state index contributed by atoms with van der Waals surface area (Å²) in [5.41, 5.74) is 22.1. The average Bonchev–Trinajstić information content (AvgIpc) is 1.81. The van der Waals surface area contributed by atoms with E-state index in [2.05, 4.69) is 284 Å². The second-order valence-corrected chi connectivity index (χ2v) is 22.4. The van der Waals surface area contributed by atoms with Crippen LogP contribution in [0.25, 0.3) is 128 Å². The van der Waals surface area contributed by atoms with E-state index in [0.29, 0.717) is 17.6 Å². The lowest BCUT2D eigenvalue weighted by Gasteiger charge is -2.26. The first-order chi connectivity index (χ1) is 41.4. The fraction of sp³-hybridized carbons (Fsp3) is 0.0385. The number of para-hydroxylation sites is 2. The van der Waals surface area contributed by atoms with Crippen LogP contribution in [0.1, 0.15) is 25.0 Å². The van der Waals surface area contributed by atoms with E-state index in [0.717, 1.165) is 116 Å². The van der Waals surface area contributed by atoms with Gasteiger partial charge < -0.3 is 9.32 Å². The molecule has 0 spiro atoms. The molecule has 15 aromatic rings. The van der Waals surface area contributed by atoms with E-state index < -0.39 is 0 Å². The summed E-state index contributed by atoms with van der Waals surface area (Å²) >= 11 is 0. The standard InChI is InChI=1S/C78H53N5O/c1-78(2)68-37-16-15-33-62(68)66-48-67-63-44-43-58(47-71(63)83(72(67)49-69(66)78)77-80-75(54-27-13-6-14-28-54)79-76(81-77)55-41-39-53(40-42-55)50-21-7-3-8-22-50)61-34-19-35-64-65-36-20-38-70(74(65)84-73(61)64)82(59-31-17-29-56(45-59)51-23-9-4-10-24-51)60-32-18-30-57(46-60)52-25-11-5-12-26-52/h3-49H,1-2H3. The van der Waals surface area contributed by atoms with Crippen LogP contribution in [0.5, 0.6) is 0 Å². The van der Waals surface area contributed by atoms with E-state index in [4.69, 9.17) is 19.4 Å². The Hall–Kier alpha value is -11.0. The lowest BCUT2D eigenvalue weighted by molar-refractivity contribution is 0.661. The highest BCUT2D eigenvalue weighted by atomic mass is 16.3. The van der Waals surface area contributed by atoms with E-state index in [1.54, 1.807) is 0 Å². The normalized spacial score (nSPS) is 12.5. The molecule has 16 rings (SSSR count). The van der Waals surface area contributed by atoms with Crippen LogP contribution >= 0.6 is 0 Å². The summed E-state index contributed by atoms with van der Waals surface area (Å²) in [6.07, 6.45) is 0. The predicted octanol–water partition coefficient (Wildman–Crippen LogP) is 20.6. The molecule has 6 heteroatoms. The molecule has 84 heavy (non-hydrogen) atoms. The minimum atomic E-state index is -0.243. The van der Waals surface area contributed by atoms with E-state index in [1.165, 1.54) is 22.3 Å². The highest BCUT2D eigenvalue weighted by Crippen LogP contribution is 2.52. The van der Waals surface area contributed by atoms with Crippen molar-refractivity contribution in [1.29, 1.82) is 0 Å². The van der Waals surface area contributed by atoms with E-state index in [9.17, 15) is 0 Å². The van der Waals surface area contributed by atoms with Crippen LogP contribution in [0, 0.1) is 0 Å². The Morgan fingerprint density at radius 2 is 0.798 bits per heavy atom. The molecule has 0 aliphatic heterocycles. The van der Waals surface area contributed by atoms with Crippen molar-refractivity contribution in [2.45, 2.75) is 19.3 Å². The zero-order valence-electron chi connectivity index (χ0n) is 46.3. The maximum atomic E-state index is 7.40. The van der Waals surface area contributed by atoms with Crippen molar-refractivity contribution < 1.29 is 4.42 Å². The summed E-state index contributed by atoms with van der Waals surface area (Å²) in [6, 6.07) is 102. The Morgan fingerprint density at radius 1 is 0.321 bits per heavy atom. The lowest BCUT2D eigenvalue weighted by Crippen LogP contribution is -2.15. The largest absolute Gasteiger partial charge is 0.453 e. The van der Waals surface area contributed by atoms with Gasteiger partial charge in [-0.05, 0) is 110 Å². The molecule has 0 unspecified atom stereocenters. The SMILES string of the molecule is CC1(C)c2ccccc2-c2cc3c4ccc(-c5cccc6c5oc5c(N(c7cccc(-c8ccccc8)c7)c7cccc(-c8ccccc8)c7)cccc56)cc4n(-c4nc(-c5ccccc5)nc(-c5ccc(-c6ccccc6)cc5)n4)c3cc21. The zero-order chi connectivity index (χ0) is 55.9. The Morgan fingerprint density at radius 3 is 1.44 bits per heavy atom. The molecule has 0 atom stereocenters. The number of hydrogen-bond donors (Lipinski definition) is 0. The number of aromatic nitrogens is 4. The van der Waals surface area contributed by atoms with Gasteiger partial charge in [0.1, 0.15) is 5.58 Å². The maximum Gasteiger partial charge on any atom is 0.238 e. The average molecular weight is 1080 g/mol. The van der Waals surface area contributed by atoms with Gasteiger partial charge in [-0.2, -0.15) is 9.97 Å². The predicted molar refractivity (Wildman–Crippen MR) is 346 cm³/mol. The molecule has 12 aromatic carbocycles. The van der Waals surface area contributed by atoms with Crippen LogP contribution < -0.4 is 4.90 Å². The van der Waals surface area contributed by atoms with Crippen LogP contribution in [0.15, 0.2) is 290 Å². The Kier molecular flexibility index (Phi) is 11.4. The van der Waals surface area contributed by atoms with Gasteiger partial charge >= 0.3 is 0 Å². The third-order valence-corrected chi connectivity index (χ3v) is 17.1. The highest BCUT2D eigenvalue weighted by Gasteiger charge is 2.36. The molecule has 3 aromatic heterocycles. The maximum absolute atomic E-state index is 7.40. The molecule has 1 aliphatic carbocycles. The van der Waals surface area contributed by atoms with Gasteiger partial charge in [-0.25, -0.2) is 4.98 Å². The van der Waals surface area contributed by atoms with Gasteiger partial charge in [0.15, 0.2) is 17.2 Å². The molecule has 0 bridgehead atoms. The summed E-state index contributed by atoms with van der Waals surface area (Å²) in [4.78, 5) is 18.4. The van der Waals surface area contributed by atoms with Crippen molar-refractivity contribution in [3.63, 3.8) is 0 Å². The van der Waals surface area contributed by atoms with Crippen molar-refractivity contribution in [3.05, 3.63) is 296 Å². The summed E-state index contributed by atoms with van der Waals surface area (Å²) in [7, 11) is 0. The van der Waals surface area contributed by atoms with Gasteiger partial charge in [0, 0.05) is 55.0 Å². The van der Waals surface area contributed by atoms with Crippen LogP contribution in [-0.2, 0) is 5.41 Å². The van der Waals surface area contributed by atoms with Crippen molar-refractivity contribution in [3.8, 4) is 84.4 Å². The summed E-state index contributed by atoms with van der Waals surface area (Å²) in [6.45, 7) is 4.68. The number of rotatable bonds is 10. The van der Waals surface area contributed by atoms with Crippen molar-refractivity contribution in [2.24, 2.45) is 0 Å². The lowest BCUT2D eigenvalue weighted by atomic mass is 9.82. The van der Waals surface area contributed by atoms with Crippen LogP contribution in [0.4, 0.5) is 17.1 Å². The molecule has 0 N–H and O–H groups in total. The third-order valence-electron chi connectivity index (χ3n) is 17.1. The molecule has 0 saturated carbocycles. The van der Waals surface area contributed by atoms with Crippen LogP contribution in [-0.4, -0.2) is 19.5 Å². The highest BCUT2D eigenvalue weighted by molar-refractivity contribution is 6.16. The van der Waals surface area contributed by atoms with E-state index in [-0.39, 0.29) is 5.41 Å². The van der Waals surface area contributed by atoms with Gasteiger partial charge in [0.2, 0.25) is 5.95 Å². The monoisotopic (exact) mass is 1080 g/mol. The first kappa shape index (κ1) is 48.9. The first-order valence-corrected chi connectivity index (χ1v) is 28.7. The second-order valence-electron chi connectivity index (χ2n) is 22.4. The topological polar surface area (TPSA) is 60.0 Å². The number of anilines is 3. The molecule has 0 fully saturated rings. The number of furan rings is 1. The number of benzene rings is 12. The number of nitrogens with zero attached hydrogens (tertiary/aromatic N) is 5. The minimum absolute atomic E-state index is 0.243. The van der Waals surface area contributed by atoms with Crippen molar-refractivity contribution >= 4 is 60.8 Å². The Balaban J connectivity index is 0.907. The molecule has 0 saturated heterocycles. The number of hydrogen-bond acceptors (Lipinski definition) is 5. The molecule has 1 aliphatic rings. The Labute approximate surface area is 486 Å². The molecular weight excluding hydrogens is 1020 g/mol. The smallest absolute Gasteiger partial charge is 0.238 e. The third kappa shape index (κ3) is 8.13. The fourth-order valence-electron chi connectivity index (χ4n) is 12.9. The zero-order valence-corrected chi connectivity index (χ0v) is 46.3. The van der Waals surface area contributed by atoms with Gasteiger partial charge in [-0.15, -0.1) is 0 Å². The van der Waals surface area contributed by atoms with Crippen LogP contribution in [0.2, 0.25) is 0 Å². The summed E-state index contributed by atoms with van der Waals surface area (Å²) < 4.78 is 9.67. The number of fused-ring (bicyclic) bond motifs is 9. The van der Waals surface area contributed by atoms with Gasteiger partial charge in [0.05, 0.1) is 16.7 Å². The quantitative estimate of drug-likeness (QED) is 0.137. The fourth-order valence-corrected chi connectivity index (χ4v) is 12.9. The van der Waals surface area contributed by atoms with Gasteiger partial charge in [-0.3, -0.25) is 4.57 Å². The van der Waals surface area contributed by atoms with Crippen molar-refractivity contribution in [1.82, 2.24) is 19.5 Å².